The van der Waals surface area contributed by atoms with Crippen LogP contribution in [-0.4, -0.2) is 0 Å². The van der Waals surface area contributed by atoms with Crippen molar-refractivity contribution in [2.24, 2.45) is 5.92 Å². The third kappa shape index (κ3) is 2.50. The summed E-state index contributed by atoms with van der Waals surface area (Å²) in [6, 6.07) is 0. The van der Waals surface area contributed by atoms with Crippen LogP contribution in [0.5, 0.6) is 0 Å². The van der Waals surface area contributed by atoms with Crippen LogP contribution in [0, 0.1) is 5.92 Å². The highest BCUT2D eigenvalue weighted by atomic mass is 14.9. The van der Waals surface area contributed by atoms with Crippen LogP contribution in [0.25, 0.3) is 0 Å². The van der Waals surface area contributed by atoms with Crippen LogP contribution < -0.4 is 5.32 Å². The molecule has 1 saturated carbocycles. The van der Waals surface area contributed by atoms with E-state index in [1.54, 1.807) is 0 Å². The second kappa shape index (κ2) is 5.04. The number of allylic oxidation sites excluding steroid dienone is 5. The maximum absolute atomic E-state index is 3.40. The van der Waals surface area contributed by atoms with E-state index in [1.165, 1.54) is 44.2 Å². The van der Waals surface area contributed by atoms with Crippen LogP contribution in [-0.2, 0) is 0 Å². The van der Waals surface area contributed by atoms with Gasteiger partial charge in [-0.1, -0.05) is 37.8 Å². The van der Waals surface area contributed by atoms with E-state index in [9.17, 15) is 0 Å². The van der Waals surface area contributed by atoms with Gasteiger partial charge in [0.2, 0.25) is 0 Å². The fourth-order valence-corrected chi connectivity index (χ4v) is 2.32. The van der Waals surface area contributed by atoms with Crippen LogP contribution >= 0.6 is 0 Å². The largest absolute Gasteiger partial charge is 1.00 e. The Balaban J connectivity index is 0.00000112. The van der Waals surface area contributed by atoms with Gasteiger partial charge in [-0.15, -0.1) is 0 Å². The molecule has 0 radical (unpaired) electrons. The van der Waals surface area contributed by atoms with Crippen LogP contribution in [0.2, 0.25) is 0 Å². The summed E-state index contributed by atoms with van der Waals surface area (Å²) in [6.07, 6.45) is 18.9. The lowest BCUT2D eigenvalue weighted by Gasteiger charge is -2.17. The first-order chi connectivity index (χ1) is 6.97. The van der Waals surface area contributed by atoms with Gasteiger partial charge in [0, 0.05) is 11.9 Å². The Morgan fingerprint density at radius 3 is 2.57 bits per heavy atom. The third-order valence-corrected chi connectivity index (χ3v) is 3.14. The van der Waals surface area contributed by atoms with Crippen molar-refractivity contribution in [3.63, 3.8) is 0 Å². The molecule has 1 heterocycles. The molecule has 0 aromatic carbocycles. The molecule has 2 aliphatic rings. The van der Waals surface area contributed by atoms with Gasteiger partial charge >= 0.3 is 1.43 Å². The average Bonchev–Trinajstić information content (AvgIpc) is 2.62. The molecule has 0 bridgehead atoms. The summed E-state index contributed by atoms with van der Waals surface area (Å²) >= 11 is 0. The van der Waals surface area contributed by atoms with Crippen molar-refractivity contribution in [2.45, 2.75) is 38.5 Å². The van der Waals surface area contributed by atoms with E-state index in [1.807, 2.05) is 6.20 Å². The van der Waals surface area contributed by atoms with Gasteiger partial charge in [0.25, 0.3) is 0 Å². The summed E-state index contributed by atoms with van der Waals surface area (Å²) in [5.41, 5.74) is 1.41. The summed E-state index contributed by atoms with van der Waals surface area (Å²) < 4.78 is 0. The first-order valence-electron chi connectivity index (χ1n) is 5.77. The Hall–Kier alpha value is -0.980. The quantitative estimate of drug-likeness (QED) is 0.623. The highest BCUT2D eigenvalue weighted by molar-refractivity contribution is 5.22. The summed E-state index contributed by atoms with van der Waals surface area (Å²) in [7, 11) is 0. The zero-order chi connectivity index (χ0) is 9.64. The SMILES string of the molecule is C1=CC=C(C2CCCCCC2)NC=C1.[H+]. The minimum absolute atomic E-state index is 0. The molecule has 1 aliphatic heterocycles. The monoisotopic (exact) mass is 190 g/mol. The molecule has 1 fully saturated rings. The summed E-state index contributed by atoms with van der Waals surface area (Å²) in [5.74, 6) is 0.768. The van der Waals surface area contributed by atoms with Crippen molar-refractivity contribution in [3.8, 4) is 0 Å². The standard InChI is InChI=1S/C13H19N/c1-2-5-9-12(8-4-1)13-10-6-3-7-11-14-13/h3,6-7,10-12,14H,1-2,4-5,8-9H2/p+1. The molecule has 0 aromatic heterocycles. The van der Waals surface area contributed by atoms with Gasteiger partial charge in [0.1, 0.15) is 0 Å². The molecule has 76 valence electrons. The number of rotatable bonds is 1. The smallest absolute Gasteiger partial charge is 0.365 e. The molecule has 0 saturated heterocycles. The van der Waals surface area contributed by atoms with E-state index in [4.69, 9.17) is 0 Å². The van der Waals surface area contributed by atoms with Crippen LogP contribution in [0.15, 0.2) is 36.2 Å². The van der Waals surface area contributed by atoms with Gasteiger partial charge in [-0.05, 0) is 30.9 Å². The van der Waals surface area contributed by atoms with Crippen molar-refractivity contribution in [2.75, 3.05) is 0 Å². The second-order valence-electron chi connectivity index (χ2n) is 4.20. The Bertz CT molecular complexity index is 258. The lowest BCUT2D eigenvalue weighted by atomic mass is 9.96. The van der Waals surface area contributed by atoms with Crippen molar-refractivity contribution < 1.29 is 1.43 Å². The molecule has 1 nitrogen and oxygen atoms in total. The predicted molar refractivity (Wildman–Crippen MR) is 61.8 cm³/mol. The van der Waals surface area contributed by atoms with E-state index in [-0.39, 0.29) is 1.43 Å². The minimum atomic E-state index is 0. The fraction of sp³-hybridized carbons (Fsp3) is 0.538. The van der Waals surface area contributed by atoms with Gasteiger partial charge in [-0.3, -0.25) is 0 Å². The Labute approximate surface area is 88.1 Å². The second-order valence-corrected chi connectivity index (χ2v) is 4.20. The first-order valence-corrected chi connectivity index (χ1v) is 5.77. The molecule has 0 aromatic rings. The van der Waals surface area contributed by atoms with E-state index < -0.39 is 0 Å². The first kappa shape index (κ1) is 9.57. The normalized spacial score (nSPS) is 23.6. The molecule has 14 heavy (non-hydrogen) atoms. The maximum Gasteiger partial charge on any atom is 1.00 e. The summed E-state index contributed by atoms with van der Waals surface area (Å²) in [5, 5.41) is 3.40. The summed E-state index contributed by atoms with van der Waals surface area (Å²) in [4.78, 5) is 0. The average molecular weight is 190 g/mol. The van der Waals surface area contributed by atoms with E-state index in [0.29, 0.717) is 0 Å². The minimum Gasteiger partial charge on any atom is -0.365 e. The Kier molecular flexibility index (Phi) is 3.44. The molecule has 0 unspecified atom stereocenters. The van der Waals surface area contributed by atoms with Crippen LogP contribution in [0.1, 0.15) is 40.0 Å². The lowest BCUT2D eigenvalue weighted by Crippen LogP contribution is -2.14. The lowest BCUT2D eigenvalue weighted by molar-refractivity contribution is 0.510. The number of hydrogen-bond acceptors (Lipinski definition) is 1. The summed E-state index contributed by atoms with van der Waals surface area (Å²) in [6.45, 7) is 0. The molecule has 0 spiro atoms. The predicted octanol–water partition coefficient (Wildman–Crippen LogP) is 3.63. The van der Waals surface area contributed by atoms with Gasteiger partial charge in [0.05, 0.1) is 0 Å². The highest BCUT2D eigenvalue weighted by Gasteiger charge is 2.15. The van der Waals surface area contributed by atoms with Gasteiger partial charge in [-0.2, -0.15) is 0 Å². The molecular formula is C13H20N+. The van der Waals surface area contributed by atoms with Crippen molar-refractivity contribution >= 4 is 0 Å². The van der Waals surface area contributed by atoms with Crippen LogP contribution in [0.4, 0.5) is 0 Å². The van der Waals surface area contributed by atoms with E-state index in [2.05, 4.69) is 29.6 Å². The Morgan fingerprint density at radius 1 is 1.00 bits per heavy atom. The zero-order valence-electron chi connectivity index (χ0n) is 9.71. The van der Waals surface area contributed by atoms with Gasteiger partial charge in [-0.25, -0.2) is 0 Å². The molecule has 1 aliphatic carbocycles. The molecule has 0 amide bonds. The Morgan fingerprint density at radius 2 is 1.79 bits per heavy atom. The van der Waals surface area contributed by atoms with Crippen molar-refractivity contribution in [1.29, 1.82) is 0 Å². The van der Waals surface area contributed by atoms with Crippen molar-refractivity contribution in [1.82, 2.24) is 5.32 Å². The molecule has 1 N–H and O–H groups in total. The zero-order valence-corrected chi connectivity index (χ0v) is 8.71. The van der Waals surface area contributed by atoms with Gasteiger partial charge in [0.15, 0.2) is 0 Å². The third-order valence-electron chi connectivity index (χ3n) is 3.14. The maximum atomic E-state index is 3.40. The number of nitrogens with one attached hydrogen (secondary N) is 1. The molecule has 2 rings (SSSR count). The van der Waals surface area contributed by atoms with Gasteiger partial charge < -0.3 is 5.32 Å². The highest BCUT2D eigenvalue weighted by Crippen LogP contribution is 2.27. The van der Waals surface area contributed by atoms with E-state index in [0.717, 1.165) is 5.92 Å². The number of hydrogen-bond donors (Lipinski definition) is 1. The fourth-order valence-electron chi connectivity index (χ4n) is 2.32. The van der Waals surface area contributed by atoms with E-state index >= 15 is 0 Å². The topological polar surface area (TPSA) is 12.0 Å². The molecular weight excluding hydrogens is 170 g/mol. The van der Waals surface area contributed by atoms with Crippen LogP contribution in [0.3, 0.4) is 0 Å². The molecule has 0 atom stereocenters. The molecule has 1 heteroatoms. The van der Waals surface area contributed by atoms with Crippen molar-refractivity contribution in [3.05, 3.63) is 36.2 Å².